The summed E-state index contributed by atoms with van der Waals surface area (Å²) < 4.78 is 0. The Bertz CT molecular complexity index is 2500. The van der Waals surface area contributed by atoms with E-state index < -0.39 is 0 Å². The molecule has 1 aromatic heterocycles. The molecule has 9 aromatic rings. The van der Waals surface area contributed by atoms with Crippen molar-refractivity contribution in [2.45, 2.75) is 0 Å². The van der Waals surface area contributed by atoms with Gasteiger partial charge in [0.1, 0.15) is 0 Å². The van der Waals surface area contributed by atoms with Crippen molar-refractivity contribution in [2.75, 3.05) is 0 Å². The van der Waals surface area contributed by atoms with Crippen LogP contribution in [0.3, 0.4) is 0 Å². The van der Waals surface area contributed by atoms with Gasteiger partial charge in [0.25, 0.3) is 0 Å². The molecular formula is C43H27N3. The van der Waals surface area contributed by atoms with Gasteiger partial charge in [-0.25, -0.2) is 15.0 Å². The quantitative estimate of drug-likeness (QED) is 0.193. The second-order valence-electron chi connectivity index (χ2n) is 11.6. The van der Waals surface area contributed by atoms with Crippen molar-refractivity contribution in [2.24, 2.45) is 0 Å². The average molecular weight is 586 g/mol. The molecule has 0 bridgehead atoms. The van der Waals surface area contributed by atoms with E-state index in [-0.39, 0.29) is 0 Å². The molecule has 46 heavy (non-hydrogen) atoms. The molecule has 8 aromatic carbocycles. The van der Waals surface area contributed by atoms with Gasteiger partial charge in [-0.2, -0.15) is 0 Å². The first-order valence-corrected chi connectivity index (χ1v) is 15.5. The van der Waals surface area contributed by atoms with Crippen LogP contribution in [0.4, 0.5) is 0 Å². The van der Waals surface area contributed by atoms with Gasteiger partial charge in [-0.1, -0.05) is 164 Å². The molecule has 0 fully saturated rings. The van der Waals surface area contributed by atoms with Crippen molar-refractivity contribution in [1.29, 1.82) is 0 Å². The fourth-order valence-corrected chi connectivity index (χ4v) is 6.67. The van der Waals surface area contributed by atoms with Crippen molar-refractivity contribution >= 4 is 43.1 Å². The Morgan fingerprint density at radius 1 is 0.261 bits per heavy atom. The molecule has 0 N–H and O–H groups in total. The third-order valence-corrected chi connectivity index (χ3v) is 8.90. The van der Waals surface area contributed by atoms with E-state index in [1.807, 2.05) is 60.7 Å². The summed E-state index contributed by atoms with van der Waals surface area (Å²) in [5.74, 6) is 1.97. The zero-order valence-corrected chi connectivity index (χ0v) is 24.9. The van der Waals surface area contributed by atoms with Gasteiger partial charge in [0.05, 0.1) is 0 Å². The average Bonchev–Trinajstić information content (AvgIpc) is 3.14. The highest BCUT2D eigenvalue weighted by molar-refractivity contribution is 6.27. The predicted octanol–water partition coefficient (Wildman–Crippen LogP) is 11.2. The Labute approximate surface area is 266 Å². The minimum absolute atomic E-state index is 0.653. The predicted molar refractivity (Wildman–Crippen MR) is 192 cm³/mol. The lowest BCUT2D eigenvalue weighted by atomic mass is 9.89. The number of hydrogen-bond donors (Lipinski definition) is 0. The molecule has 9 rings (SSSR count). The molecule has 0 aliphatic carbocycles. The summed E-state index contributed by atoms with van der Waals surface area (Å²) >= 11 is 0. The standard InChI is InChI=1S/C43H27N3/c1-3-11-32(12-4-1)41-44-42(33-13-5-2-6-14-33)46-43(45-41)34-22-18-29(19-23-34)36-17-9-15-30-20-21-31-25-26-37-35-16-8-7-10-28(35)24-27-38(37)40(31)39(30)36/h1-27H. The number of rotatable bonds is 4. The third-order valence-electron chi connectivity index (χ3n) is 8.90. The highest BCUT2D eigenvalue weighted by Crippen LogP contribution is 2.40. The van der Waals surface area contributed by atoms with E-state index in [0.717, 1.165) is 22.3 Å². The lowest BCUT2D eigenvalue weighted by molar-refractivity contribution is 1.07. The maximum atomic E-state index is 4.93. The van der Waals surface area contributed by atoms with Crippen molar-refractivity contribution in [3.63, 3.8) is 0 Å². The Morgan fingerprint density at radius 3 is 1.41 bits per heavy atom. The van der Waals surface area contributed by atoms with Crippen LogP contribution < -0.4 is 0 Å². The van der Waals surface area contributed by atoms with Gasteiger partial charge in [-0.05, 0) is 54.2 Å². The summed E-state index contributed by atoms with van der Waals surface area (Å²) in [5.41, 5.74) is 5.23. The molecule has 3 nitrogen and oxygen atoms in total. The van der Waals surface area contributed by atoms with Crippen molar-refractivity contribution in [1.82, 2.24) is 15.0 Å². The fourth-order valence-electron chi connectivity index (χ4n) is 6.67. The van der Waals surface area contributed by atoms with Crippen molar-refractivity contribution in [3.8, 4) is 45.3 Å². The Kier molecular flexibility index (Phi) is 6.14. The van der Waals surface area contributed by atoms with Crippen LogP contribution >= 0.6 is 0 Å². The van der Waals surface area contributed by atoms with E-state index in [4.69, 9.17) is 15.0 Å². The number of nitrogens with zero attached hydrogens (tertiary/aromatic N) is 3. The molecule has 214 valence electrons. The minimum atomic E-state index is 0.653. The molecule has 0 unspecified atom stereocenters. The summed E-state index contributed by atoms with van der Waals surface area (Å²) in [6.45, 7) is 0. The van der Waals surface area contributed by atoms with Crippen LogP contribution in [0.1, 0.15) is 0 Å². The smallest absolute Gasteiger partial charge is 0.164 e. The van der Waals surface area contributed by atoms with E-state index in [1.165, 1.54) is 48.7 Å². The van der Waals surface area contributed by atoms with Gasteiger partial charge in [0.15, 0.2) is 17.5 Å². The van der Waals surface area contributed by atoms with Gasteiger partial charge in [-0.3, -0.25) is 0 Å². The van der Waals surface area contributed by atoms with Crippen LogP contribution in [0.5, 0.6) is 0 Å². The molecular weight excluding hydrogens is 558 g/mol. The lowest BCUT2D eigenvalue weighted by Crippen LogP contribution is -2.00. The van der Waals surface area contributed by atoms with Crippen LogP contribution in [0.25, 0.3) is 88.4 Å². The summed E-state index contributed by atoms with van der Waals surface area (Å²) in [6, 6.07) is 57.6. The minimum Gasteiger partial charge on any atom is -0.208 e. The normalized spacial score (nSPS) is 11.5. The van der Waals surface area contributed by atoms with Crippen molar-refractivity contribution < 1.29 is 0 Å². The first-order valence-electron chi connectivity index (χ1n) is 15.5. The number of aromatic nitrogens is 3. The monoisotopic (exact) mass is 585 g/mol. The Balaban J connectivity index is 1.21. The van der Waals surface area contributed by atoms with E-state index >= 15 is 0 Å². The SMILES string of the molecule is c1ccc(-c2nc(-c3ccccc3)nc(-c3ccc(-c4cccc5ccc6ccc7c8ccccc8ccc7c6c45)cc3)n2)cc1. The Morgan fingerprint density at radius 2 is 0.739 bits per heavy atom. The number of benzene rings is 8. The van der Waals surface area contributed by atoms with Crippen LogP contribution in [0.2, 0.25) is 0 Å². The summed E-state index contributed by atoms with van der Waals surface area (Å²) in [4.78, 5) is 14.7. The highest BCUT2D eigenvalue weighted by atomic mass is 15.0. The van der Waals surface area contributed by atoms with Gasteiger partial charge < -0.3 is 0 Å². The first-order chi connectivity index (χ1) is 22.8. The topological polar surface area (TPSA) is 38.7 Å². The third kappa shape index (κ3) is 4.41. The molecule has 0 saturated carbocycles. The lowest BCUT2D eigenvalue weighted by Gasteiger charge is -2.14. The summed E-state index contributed by atoms with van der Waals surface area (Å²) in [6.07, 6.45) is 0. The van der Waals surface area contributed by atoms with Crippen LogP contribution in [-0.2, 0) is 0 Å². The van der Waals surface area contributed by atoms with E-state index in [2.05, 4.69) is 103 Å². The molecule has 0 saturated heterocycles. The molecule has 0 aliphatic heterocycles. The second-order valence-corrected chi connectivity index (χ2v) is 11.6. The van der Waals surface area contributed by atoms with E-state index in [0.29, 0.717) is 17.5 Å². The zero-order chi connectivity index (χ0) is 30.5. The van der Waals surface area contributed by atoms with Gasteiger partial charge in [0, 0.05) is 16.7 Å². The molecule has 3 heteroatoms. The largest absolute Gasteiger partial charge is 0.208 e. The van der Waals surface area contributed by atoms with Gasteiger partial charge >= 0.3 is 0 Å². The summed E-state index contributed by atoms with van der Waals surface area (Å²) in [7, 11) is 0. The molecule has 0 spiro atoms. The number of hydrogen-bond acceptors (Lipinski definition) is 3. The maximum Gasteiger partial charge on any atom is 0.164 e. The molecule has 0 radical (unpaired) electrons. The van der Waals surface area contributed by atoms with Crippen LogP contribution in [-0.4, -0.2) is 15.0 Å². The molecule has 0 aliphatic rings. The van der Waals surface area contributed by atoms with E-state index in [9.17, 15) is 0 Å². The molecule has 1 heterocycles. The van der Waals surface area contributed by atoms with E-state index in [1.54, 1.807) is 0 Å². The highest BCUT2D eigenvalue weighted by Gasteiger charge is 2.15. The number of fused-ring (bicyclic) bond motifs is 7. The van der Waals surface area contributed by atoms with Gasteiger partial charge in [0.2, 0.25) is 0 Å². The maximum absolute atomic E-state index is 4.93. The summed E-state index contributed by atoms with van der Waals surface area (Å²) in [5, 5.41) is 10.1. The Hall–Kier alpha value is -6.19. The molecule has 0 amide bonds. The fraction of sp³-hybridized carbons (Fsp3) is 0. The van der Waals surface area contributed by atoms with Gasteiger partial charge in [-0.15, -0.1) is 0 Å². The zero-order valence-electron chi connectivity index (χ0n) is 24.9. The van der Waals surface area contributed by atoms with Crippen molar-refractivity contribution in [3.05, 3.63) is 164 Å². The van der Waals surface area contributed by atoms with Crippen LogP contribution in [0, 0.1) is 0 Å². The molecule has 0 atom stereocenters. The first kappa shape index (κ1) is 26.2. The van der Waals surface area contributed by atoms with Crippen LogP contribution in [0.15, 0.2) is 164 Å². The second kappa shape index (κ2) is 10.8.